The molecule has 0 bridgehead atoms. The summed E-state index contributed by atoms with van der Waals surface area (Å²) in [4.78, 5) is 25.1. The van der Waals surface area contributed by atoms with Gasteiger partial charge in [0.2, 0.25) is 0 Å². The van der Waals surface area contributed by atoms with Gasteiger partial charge in [0.15, 0.2) is 11.5 Å². The lowest BCUT2D eigenvalue weighted by Crippen LogP contribution is -2.47. The van der Waals surface area contributed by atoms with Gasteiger partial charge >= 0.3 is 0 Å². The average Bonchev–Trinajstić information content (AvgIpc) is 3.06. The van der Waals surface area contributed by atoms with Gasteiger partial charge in [-0.15, -0.1) is 0 Å². The number of hydrogen-bond acceptors (Lipinski definition) is 5. The highest BCUT2D eigenvalue weighted by Gasteiger charge is 2.39. The van der Waals surface area contributed by atoms with Gasteiger partial charge in [-0.1, -0.05) is 0 Å². The third-order valence-corrected chi connectivity index (χ3v) is 4.51. The molecule has 1 aromatic heterocycles. The van der Waals surface area contributed by atoms with Crippen LogP contribution in [0.1, 0.15) is 36.2 Å². The molecule has 0 aromatic carbocycles. The van der Waals surface area contributed by atoms with Gasteiger partial charge in [0.05, 0.1) is 0 Å². The van der Waals surface area contributed by atoms with Crippen molar-refractivity contribution in [1.82, 2.24) is 19.8 Å². The van der Waals surface area contributed by atoms with Crippen LogP contribution in [0.2, 0.25) is 0 Å². The highest BCUT2D eigenvalue weighted by molar-refractivity contribution is 5.96. The molecule has 2 fully saturated rings. The number of likely N-dealkylation sites (N-methyl/N-ethyl adjacent to an activating group) is 1. The molecular weight excluding hydrogens is 254 g/mol. The maximum Gasteiger partial charge on any atom is 0.276 e. The van der Waals surface area contributed by atoms with Gasteiger partial charge in [-0.2, -0.15) is 0 Å². The number of hydrogen-bond donors (Lipinski definition) is 1. The number of nitrogen functional groups attached to an aromatic ring is 1. The van der Waals surface area contributed by atoms with Crippen molar-refractivity contribution >= 4 is 11.7 Å². The summed E-state index contributed by atoms with van der Waals surface area (Å²) in [5.41, 5.74) is 6.08. The standard InChI is InChI=1S/C14H21N5O/c1-18-8-2-4-10(18)11-5-3-9-19(11)14(20)12-13(15)17-7-6-16-12/h6-7,10-11H,2-5,8-9H2,1H3,(H2,15,17)/t10-,11-/m1/s1. The summed E-state index contributed by atoms with van der Waals surface area (Å²) < 4.78 is 0. The lowest BCUT2D eigenvalue weighted by Gasteiger charge is -2.33. The molecular formula is C14H21N5O. The van der Waals surface area contributed by atoms with Crippen LogP contribution in [0.25, 0.3) is 0 Å². The Hall–Kier alpha value is -1.69. The number of nitrogens with two attached hydrogens (primary N) is 1. The van der Waals surface area contributed by atoms with Crippen molar-refractivity contribution < 1.29 is 4.79 Å². The van der Waals surface area contributed by atoms with Crippen LogP contribution in [-0.4, -0.2) is 57.9 Å². The molecule has 0 spiro atoms. The third-order valence-electron chi connectivity index (χ3n) is 4.51. The minimum absolute atomic E-state index is 0.0709. The van der Waals surface area contributed by atoms with E-state index in [-0.39, 0.29) is 17.8 Å². The summed E-state index contributed by atoms with van der Waals surface area (Å²) in [5, 5.41) is 0. The maximum absolute atomic E-state index is 12.7. The van der Waals surface area contributed by atoms with Gasteiger partial charge in [0.25, 0.3) is 5.91 Å². The van der Waals surface area contributed by atoms with Gasteiger partial charge in [0, 0.05) is 31.0 Å². The van der Waals surface area contributed by atoms with Crippen LogP contribution in [-0.2, 0) is 0 Å². The predicted octanol–water partition coefficient (Wildman–Crippen LogP) is 0.758. The molecule has 3 heterocycles. The summed E-state index contributed by atoms with van der Waals surface area (Å²) in [5.74, 6) is 0.154. The number of rotatable bonds is 2. The fourth-order valence-corrected chi connectivity index (χ4v) is 3.52. The topological polar surface area (TPSA) is 75.3 Å². The van der Waals surface area contributed by atoms with Gasteiger partial charge in [-0.3, -0.25) is 4.79 Å². The highest BCUT2D eigenvalue weighted by atomic mass is 16.2. The van der Waals surface area contributed by atoms with Crippen LogP contribution in [0.15, 0.2) is 12.4 Å². The molecule has 0 radical (unpaired) electrons. The number of nitrogens with zero attached hydrogens (tertiary/aromatic N) is 4. The Kier molecular flexibility index (Phi) is 3.56. The first-order chi connectivity index (χ1) is 9.68. The van der Waals surface area contributed by atoms with Crippen LogP contribution >= 0.6 is 0 Å². The van der Waals surface area contributed by atoms with E-state index in [2.05, 4.69) is 21.9 Å². The monoisotopic (exact) mass is 275 g/mol. The van der Waals surface area contributed by atoms with E-state index in [1.165, 1.54) is 25.2 Å². The zero-order valence-corrected chi connectivity index (χ0v) is 11.8. The van der Waals surface area contributed by atoms with Crippen molar-refractivity contribution in [3.8, 4) is 0 Å². The number of likely N-dealkylation sites (tertiary alicyclic amines) is 2. The number of anilines is 1. The first kappa shape index (κ1) is 13.3. The Balaban J connectivity index is 1.82. The first-order valence-corrected chi connectivity index (χ1v) is 7.26. The number of aromatic nitrogens is 2. The van der Waals surface area contributed by atoms with Crippen LogP contribution in [0.3, 0.4) is 0 Å². The van der Waals surface area contributed by atoms with Gasteiger partial charge < -0.3 is 15.5 Å². The van der Waals surface area contributed by atoms with E-state index in [1.54, 1.807) is 0 Å². The molecule has 1 amide bonds. The lowest BCUT2D eigenvalue weighted by atomic mass is 10.0. The quantitative estimate of drug-likeness (QED) is 0.862. The minimum atomic E-state index is -0.0709. The molecule has 6 heteroatoms. The molecule has 3 rings (SSSR count). The summed E-state index contributed by atoms with van der Waals surface area (Å²) in [6.45, 7) is 1.92. The van der Waals surface area contributed by atoms with Crippen molar-refractivity contribution in [3.05, 3.63) is 18.1 Å². The van der Waals surface area contributed by atoms with E-state index in [0.717, 1.165) is 25.9 Å². The third kappa shape index (κ3) is 2.24. The molecule has 0 saturated carbocycles. The largest absolute Gasteiger partial charge is 0.382 e. The van der Waals surface area contributed by atoms with E-state index >= 15 is 0 Å². The molecule has 0 unspecified atom stereocenters. The van der Waals surface area contributed by atoms with Crippen LogP contribution in [0.4, 0.5) is 5.82 Å². The molecule has 6 nitrogen and oxygen atoms in total. The van der Waals surface area contributed by atoms with E-state index in [0.29, 0.717) is 11.7 Å². The SMILES string of the molecule is CN1CCC[C@@H]1[C@H]1CCCN1C(=O)c1nccnc1N. The van der Waals surface area contributed by atoms with Crippen molar-refractivity contribution in [2.45, 2.75) is 37.8 Å². The second-order valence-corrected chi connectivity index (χ2v) is 5.69. The van der Waals surface area contributed by atoms with E-state index < -0.39 is 0 Å². The first-order valence-electron chi connectivity index (χ1n) is 7.26. The van der Waals surface area contributed by atoms with Crippen molar-refractivity contribution in [3.63, 3.8) is 0 Å². The smallest absolute Gasteiger partial charge is 0.276 e. The Bertz CT molecular complexity index is 506. The summed E-state index contributed by atoms with van der Waals surface area (Å²) in [6, 6.07) is 0.760. The van der Waals surface area contributed by atoms with E-state index in [9.17, 15) is 4.79 Å². The zero-order valence-electron chi connectivity index (χ0n) is 11.8. The summed E-state index contributed by atoms with van der Waals surface area (Å²) in [7, 11) is 2.15. The fraction of sp³-hybridized carbons (Fsp3) is 0.643. The maximum atomic E-state index is 12.7. The summed E-state index contributed by atoms with van der Waals surface area (Å²) in [6.07, 6.45) is 7.55. The highest BCUT2D eigenvalue weighted by Crippen LogP contribution is 2.30. The van der Waals surface area contributed by atoms with Gasteiger partial charge in [-0.25, -0.2) is 9.97 Å². The van der Waals surface area contributed by atoms with Gasteiger partial charge in [-0.05, 0) is 39.3 Å². The number of carbonyl (C=O) groups is 1. The second-order valence-electron chi connectivity index (χ2n) is 5.69. The van der Waals surface area contributed by atoms with E-state index in [1.807, 2.05) is 4.90 Å². The van der Waals surface area contributed by atoms with Crippen LogP contribution in [0, 0.1) is 0 Å². The van der Waals surface area contributed by atoms with Crippen LogP contribution < -0.4 is 5.73 Å². The molecule has 1 aromatic rings. The average molecular weight is 275 g/mol. The molecule has 108 valence electrons. The lowest BCUT2D eigenvalue weighted by molar-refractivity contribution is 0.0659. The zero-order chi connectivity index (χ0) is 14.1. The number of carbonyl (C=O) groups excluding carboxylic acids is 1. The molecule has 0 aliphatic carbocycles. The Labute approximate surface area is 119 Å². The molecule has 2 saturated heterocycles. The Morgan fingerprint density at radius 1 is 1.20 bits per heavy atom. The molecule has 2 N–H and O–H groups in total. The molecule has 2 aliphatic rings. The molecule has 2 atom stereocenters. The van der Waals surface area contributed by atoms with Crippen molar-refractivity contribution in [1.29, 1.82) is 0 Å². The fourth-order valence-electron chi connectivity index (χ4n) is 3.52. The van der Waals surface area contributed by atoms with Crippen molar-refractivity contribution in [2.24, 2.45) is 0 Å². The predicted molar refractivity (Wildman–Crippen MR) is 76.2 cm³/mol. The minimum Gasteiger partial charge on any atom is -0.382 e. The van der Waals surface area contributed by atoms with Crippen molar-refractivity contribution in [2.75, 3.05) is 25.9 Å². The molecule has 2 aliphatic heterocycles. The summed E-state index contributed by atoms with van der Waals surface area (Å²) >= 11 is 0. The molecule has 20 heavy (non-hydrogen) atoms. The van der Waals surface area contributed by atoms with Gasteiger partial charge in [0.1, 0.15) is 0 Å². The van der Waals surface area contributed by atoms with Crippen LogP contribution in [0.5, 0.6) is 0 Å². The number of amides is 1. The second kappa shape index (κ2) is 5.36. The normalized spacial score (nSPS) is 27.1. The Morgan fingerprint density at radius 2 is 1.90 bits per heavy atom. The van der Waals surface area contributed by atoms with E-state index in [4.69, 9.17) is 5.73 Å². The Morgan fingerprint density at radius 3 is 2.60 bits per heavy atom.